The molecule has 0 bridgehead atoms. The molecule has 0 saturated heterocycles. The SMILES string of the molecule is CN(C)Cc1cnn(-c2ccc(Oc3ccccc3)cc2)n1. The minimum absolute atomic E-state index is 0.773. The second-order valence-electron chi connectivity index (χ2n) is 5.27. The standard InChI is InChI=1S/C17H18N4O/c1-20(2)13-14-12-18-21(19-14)15-8-10-17(11-9-15)22-16-6-4-3-5-7-16/h3-12H,13H2,1-2H3. The molecule has 22 heavy (non-hydrogen) atoms. The summed E-state index contributed by atoms with van der Waals surface area (Å²) in [5, 5.41) is 8.75. The maximum Gasteiger partial charge on any atom is 0.127 e. The summed E-state index contributed by atoms with van der Waals surface area (Å²) >= 11 is 0. The Morgan fingerprint density at radius 1 is 0.955 bits per heavy atom. The van der Waals surface area contributed by atoms with E-state index in [1.165, 1.54) is 0 Å². The molecular formula is C17H18N4O. The van der Waals surface area contributed by atoms with Gasteiger partial charge in [-0.2, -0.15) is 15.0 Å². The lowest BCUT2D eigenvalue weighted by Crippen LogP contribution is -2.11. The van der Waals surface area contributed by atoms with E-state index < -0.39 is 0 Å². The molecule has 0 unspecified atom stereocenters. The van der Waals surface area contributed by atoms with E-state index in [1.54, 1.807) is 11.0 Å². The van der Waals surface area contributed by atoms with Crippen LogP contribution in [0, 0.1) is 0 Å². The summed E-state index contributed by atoms with van der Waals surface area (Å²) in [6.45, 7) is 0.773. The van der Waals surface area contributed by atoms with Crippen LogP contribution in [0.25, 0.3) is 5.69 Å². The molecule has 3 aromatic rings. The fourth-order valence-corrected chi connectivity index (χ4v) is 2.09. The fourth-order valence-electron chi connectivity index (χ4n) is 2.09. The van der Waals surface area contributed by atoms with Crippen LogP contribution in [0.2, 0.25) is 0 Å². The summed E-state index contributed by atoms with van der Waals surface area (Å²) in [4.78, 5) is 3.69. The predicted octanol–water partition coefficient (Wildman–Crippen LogP) is 3.12. The average molecular weight is 294 g/mol. The number of nitrogens with zero attached hydrogens (tertiary/aromatic N) is 4. The molecule has 3 rings (SSSR count). The van der Waals surface area contributed by atoms with Gasteiger partial charge in [-0.3, -0.25) is 0 Å². The van der Waals surface area contributed by atoms with Gasteiger partial charge in [0.15, 0.2) is 0 Å². The molecule has 5 nitrogen and oxygen atoms in total. The zero-order chi connectivity index (χ0) is 15.4. The third kappa shape index (κ3) is 3.51. The number of hydrogen-bond donors (Lipinski definition) is 0. The summed E-state index contributed by atoms with van der Waals surface area (Å²) in [6.07, 6.45) is 1.79. The fraction of sp³-hybridized carbons (Fsp3) is 0.176. The Morgan fingerprint density at radius 3 is 2.32 bits per heavy atom. The van der Waals surface area contributed by atoms with E-state index in [2.05, 4.69) is 15.1 Å². The van der Waals surface area contributed by atoms with E-state index in [0.29, 0.717) is 0 Å². The number of benzene rings is 2. The van der Waals surface area contributed by atoms with E-state index in [-0.39, 0.29) is 0 Å². The molecule has 2 aromatic carbocycles. The van der Waals surface area contributed by atoms with Crippen molar-refractivity contribution < 1.29 is 4.74 Å². The third-order valence-electron chi connectivity index (χ3n) is 3.06. The minimum Gasteiger partial charge on any atom is -0.457 e. The maximum atomic E-state index is 5.77. The Kier molecular flexibility index (Phi) is 4.16. The molecule has 0 aliphatic heterocycles. The molecule has 0 atom stereocenters. The molecule has 0 radical (unpaired) electrons. The second-order valence-corrected chi connectivity index (χ2v) is 5.27. The van der Waals surface area contributed by atoms with Crippen LogP contribution >= 0.6 is 0 Å². The first-order chi connectivity index (χ1) is 10.7. The molecule has 1 aromatic heterocycles. The highest BCUT2D eigenvalue weighted by Gasteiger charge is 2.04. The smallest absolute Gasteiger partial charge is 0.127 e. The highest BCUT2D eigenvalue weighted by Crippen LogP contribution is 2.21. The van der Waals surface area contributed by atoms with E-state index in [0.717, 1.165) is 29.4 Å². The van der Waals surface area contributed by atoms with Crippen molar-refractivity contribution in [3.8, 4) is 17.2 Å². The maximum absolute atomic E-state index is 5.77. The van der Waals surface area contributed by atoms with E-state index >= 15 is 0 Å². The Hall–Kier alpha value is -2.66. The summed E-state index contributed by atoms with van der Waals surface area (Å²) in [5.41, 5.74) is 1.85. The normalized spacial score (nSPS) is 10.9. The van der Waals surface area contributed by atoms with E-state index in [1.807, 2.05) is 68.7 Å². The molecular weight excluding hydrogens is 276 g/mol. The first kappa shape index (κ1) is 14.3. The lowest BCUT2D eigenvalue weighted by Gasteiger charge is -2.06. The van der Waals surface area contributed by atoms with Gasteiger partial charge in [0.1, 0.15) is 11.5 Å². The average Bonchev–Trinajstić information content (AvgIpc) is 2.97. The number of aromatic nitrogens is 3. The molecule has 0 amide bonds. The zero-order valence-electron chi connectivity index (χ0n) is 12.7. The highest BCUT2D eigenvalue weighted by molar-refractivity contribution is 5.38. The van der Waals surface area contributed by atoms with Gasteiger partial charge < -0.3 is 9.64 Å². The molecule has 1 heterocycles. The Bertz CT molecular complexity index is 720. The summed E-state index contributed by atoms with van der Waals surface area (Å²) in [7, 11) is 4.02. The van der Waals surface area contributed by atoms with Crippen molar-refractivity contribution in [1.29, 1.82) is 0 Å². The Labute approximate surface area is 129 Å². The van der Waals surface area contributed by atoms with Gasteiger partial charge >= 0.3 is 0 Å². The van der Waals surface area contributed by atoms with Gasteiger partial charge in [-0.25, -0.2) is 0 Å². The molecule has 0 saturated carbocycles. The van der Waals surface area contributed by atoms with Crippen molar-refractivity contribution in [1.82, 2.24) is 19.9 Å². The van der Waals surface area contributed by atoms with E-state index in [9.17, 15) is 0 Å². The molecule has 0 spiro atoms. The monoisotopic (exact) mass is 294 g/mol. The Morgan fingerprint density at radius 2 is 1.64 bits per heavy atom. The highest BCUT2D eigenvalue weighted by atomic mass is 16.5. The molecule has 0 N–H and O–H groups in total. The van der Waals surface area contributed by atoms with Crippen LogP contribution in [0.15, 0.2) is 60.8 Å². The second kappa shape index (κ2) is 6.41. The molecule has 0 fully saturated rings. The third-order valence-corrected chi connectivity index (χ3v) is 3.06. The number of rotatable bonds is 5. The van der Waals surface area contributed by atoms with Crippen LogP contribution in [0.4, 0.5) is 0 Å². The number of ether oxygens (including phenoxy) is 1. The van der Waals surface area contributed by atoms with Crippen LogP contribution < -0.4 is 4.74 Å². The van der Waals surface area contributed by atoms with Crippen molar-refractivity contribution in [3.05, 3.63) is 66.5 Å². The first-order valence-electron chi connectivity index (χ1n) is 7.10. The van der Waals surface area contributed by atoms with Gasteiger partial charge in [0.25, 0.3) is 0 Å². The van der Waals surface area contributed by atoms with Crippen molar-refractivity contribution in [2.45, 2.75) is 6.54 Å². The van der Waals surface area contributed by atoms with Crippen molar-refractivity contribution in [2.75, 3.05) is 14.1 Å². The zero-order valence-corrected chi connectivity index (χ0v) is 12.7. The van der Waals surface area contributed by atoms with Gasteiger partial charge in [-0.1, -0.05) is 18.2 Å². The van der Waals surface area contributed by atoms with Gasteiger partial charge in [0.2, 0.25) is 0 Å². The predicted molar refractivity (Wildman–Crippen MR) is 85.3 cm³/mol. The van der Waals surface area contributed by atoms with Crippen LogP contribution in [0.5, 0.6) is 11.5 Å². The minimum atomic E-state index is 0.773. The first-order valence-corrected chi connectivity index (χ1v) is 7.10. The van der Waals surface area contributed by atoms with Crippen molar-refractivity contribution in [3.63, 3.8) is 0 Å². The van der Waals surface area contributed by atoms with Crippen molar-refractivity contribution in [2.24, 2.45) is 0 Å². The van der Waals surface area contributed by atoms with Crippen LogP contribution in [-0.2, 0) is 6.54 Å². The van der Waals surface area contributed by atoms with Crippen LogP contribution in [-0.4, -0.2) is 34.0 Å². The lowest BCUT2D eigenvalue weighted by molar-refractivity contribution is 0.395. The number of para-hydroxylation sites is 1. The lowest BCUT2D eigenvalue weighted by atomic mass is 10.3. The summed E-state index contributed by atoms with van der Waals surface area (Å²) < 4.78 is 5.77. The Balaban J connectivity index is 1.72. The van der Waals surface area contributed by atoms with Crippen LogP contribution in [0.3, 0.4) is 0 Å². The topological polar surface area (TPSA) is 43.2 Å². The molecule has 0 aliphatic rings. The molecule has 0 aliphatic carbocycles. The van der Waals surface area contributed by atoms with E-state index in [4.69, 9.17) is 4.74 Å². The van der Waals surface area contributed by atoms with Gasteiger partial charge in [0, 0.05) is 6.54 Å². The summed E-state index contributed by atoms with van der Waals surface area (Å²) in [6, 6.07) is 17.4. The van der Waals surface area contributed by atoms with Crippen LogP contribution in [0.1, 0.15) is 5.69 Å². The summed E-state index contributed by atoms with van der Waals surface area (Å²) in [5.74, 6) is 1.61. The van der Waals surface area contributed by atoms with Gasteiger partial charge in [-0.15, -0.1) is 0 Å². The number of hydrogen-bond acceptors (Lipinski definition) is 4. The van der Waals surface area contributed by atoms with Crippen molar-refractivity contribution >= 4 is 0 Å². The van der Waals surface area contributed by atoms with Gasteiger partial charge in [-0.05, 0) is 50.5 Å². The quantitative estimate of drug-likeness (QED) is 0.725. The van der Waals surface area contributed by atoms with Gasteiger partial charge in [0.05, 0.1) is 17.6 Å². The molecule has 5 heteroatoms. The molecule has 112 valence electrons. The largest absolute Gasteiger partial charge is 0.457 e.